The minimum atomic E-state index is -4.64. The van der Waals surface area contributed by atoms with Crippen LogP contribution in [0.5, 0.6) is 0 Å². The maximum atomic E-state index is 8.88. The van der Waals surface area contributed by atoms with E-state index < -0.39 is 31.3 Å². The molecular formula is H14O17P4Zr3. The van der Waals surface area contributed by atoms with Crippen molar-refractivity contribution in [3.8, 4) is 0 Å². The van der Waals surface area contributed by atoms with Gasteiger partial charge in [0.05, 0.1) is 0 Å². The van der Waals surface area contributed by atoms with Crippen LogP contribution in [0.25, 0.3) is 0 Å². The van der Waals surface area contributed by atoms with Crippen LogP contribution in [0.3, 0.4) is 0 Å². The minimum Gasteiger partial charge on any atom is -0.412 e. The second-order valence-electron chi connectivity index (χ2n) is 2.05. The van der Waals surface area contributed by atoms with Crippen molar-refractivity contribution in [2.45, 2.75) is 0 Å². The molecule has 0 spiro atoms. The predicted molar refractivity (Wildman–Crippen MR) is 60.7 cm³/mol. The zero-order valence-corrected chi connectivity index (χ0v) is 21.7. The Labute approximate surface area is 190 Å². The number of hydrogen-bond acceptors (Lipinski definition) is 4. The fourth-order valence-corrected chi connectivity index (χ4v) is 0. The quantitative estimate of drug-likeness (QED) is 0.107. The number of rotatable bonds is 0. The average molecular weight is 684 g/mol. The Hall–Kier alpha value is 3.05. The molecule has 0 heterocycles. The largest absolute Gasteiger partial charge is 0.466 e. The maximum absolute atomic E-state index is 8.88. The van der Waals surface area contributed by atoms with E-state index in [0.29, 0.717) is 0 Å². The van der Waals surface area contributed by atoms with E-state index in [1.54, 1.807) is 0 Å². The molecule has 24 heavy (non-hydrogen) atoms. The van der Waals surface area contributed by atoms with E-state index in [1.807, 2.05) is 0 Å². The summed E-state index contributed by atoms with van der Waals surface area (Å²) in [7, 11) is -18.6. The van der Waals surface area contributed by atoms with Crippen LogP contribution < -0.4 is 0 Å². The van der Waals surface area contributed by atoms with Crippen molar-refractivity contribution < 1.29 is 161 Å². The average Bonchev–Trinajstić information content (AvgIpc) is 1.62. The Bertz CT molecular complexity index is 292. The smallest absolute Gasteiger partial charge is 0.412 e. The predicted octanol–water partition coefficient (Wildman–Crippen LogP) is -4.55. The summed E-state index contributed by atoms with van der Waals surface area (Å²) >= 11 is 0. The SMILES string of the molecule is O.O=P(O)(O)O.O=P(O)(O)O.O=P(O)(O)O.O=P(O)(O)O.[Zr].[Zr].[Zr]. The Kier molecular flexibility index (Phi) is 47.1. The fourth-order valence-electron chi connectivity index (χ4n) is 0. The van der Waals surface area contributed by atoms with Gasteiger partial charge in [-0.1, -0.05) is 0 Å². The van der Waals surface area contributed by atoms with Gasteiger partial charge in [0.15, 0.2) is 0 Å². The van der Waals surface area contributed by atoms with Crippen LogP contribution in [-0.4, -0.2) is 64.2 Å². The first-order chi connectivity index (χ1) is 8.00. The minimum absolute atomic E-state index is 0. The van der Waals surface area contributed by atoms with Gasteiger partial charge in [0, 0.05) is 78.6 Å². The van der Waals surface area contributed by atoms with Crippen molar-refractivity contribution in [3.05, 3.63) is 0 Å². The van der Waals surface area contributed by atoms with Crippen LogP contribution >= 0.6 is 31.3 Å². The van der Waals surface area contributed by atoms with Crippen molar-refractivity contribution >= 4 is 31.3 Å². The van der Waals surface area contributed by atoms with E-state index in [1.165, 1.54) is 0 Å². The molecule has 0 aromatic heterocycles. The van der Waals surface area contributed by atoms with E-state index >= 15 is 0 Å². The molecule has 0 aromatic rings. The summed E-state index contributed by atoms with van der Waals surface area (Å²) in [6.07, 6.45) is 0. The molecule has 0 fully saturated rings. The van der Waals surface area contributed by atoms with Crippen LogP contribution in [0.2, 0.25) is 0 Å². The molecule has 24 heteroatoms. The molecule has 0 radical (unpaired) electrons. The van der Waals surface area contributed by atoms with Gasteiger partial charge in [0.2, 0.25) is 0 Å². The first kappa shape index (κ1) is 50.6. The van der Waals surface area contributed by atoms with Gasteiger partial charge in [0.1, 0.15) is 0 Å². The zero-order valence-electron chi connectivity index (χ0n) is 10.8. The van der Waals surface area contributed by atoms with Crippen molar-refractivity contribution in [3.63, 3.8) is 0 Å². The Morgan fingerprint density at radius 3 is 0.333 bits per heavy atom. The summed E-state index contributed by atoms with van der Waals surface area (Å²) < 4.78 is 35.5. The van der Waals surface area contributed by atoms with E-state index in [-0.39, 0.29) is 84.1 Å². The molecule has 148 valence electrons. The molecule has 0 atom stereocenters. The topological polar surface area (TPSA) is 343 Å². The van der Waals surface area contributed by atoms with E-state index in [0.717, 1.165) is 0 Å². The third-order valence-corrected chi connectivity index (χ3v) is 0. The summed E-state index contributed by atoms with van der Waals surface area (Å²) in [4.78, 5) is 86.2. The van der Waals surface area contributed by atoms with E-state index in [2.05, 4.69) is 0 Å². The molecule has 0 aliphatic rings. The van der Waals surface area contributed by atoms with Gasteiger partial charge < -0.3 is 64.2 Å². The summed E-state index contributed by atoms with van der Waals surface area (Å²) in [6, 6.07) is 0. The standard InChI is InChI=1S/4H3O4P.H2O.3Zr/c4*1-5(2,3)4;;;;/h4*(H3,1,2,3,4);1H2;;;. The van der Waals surface area contributed by atoms with Crippen molar-refractivity contribution in [2.24, 2.45) is 0 Å². The van der Waals surface area contributed by atoms with E-state index in [4.69, 9.17) is 77.0 Å². The first-order valence-electron chi connectivity index (χ1n) is 3.13. The summed E-state index contributed by atoms with van der Waals surface area (Å²) in [5.41, 5.74) is 0. The normalized spacial score (nSPS) is 9.83. The van der Waals surface area contributed by atoms with Gasteiger partial charge in [-0.05, 0) is 0 Å². The Morgan fingerprint density at radius 2 is 0.333 bits per heavy atom. The Balaban J connectivity index is -0.0000000225. The third kappa shape index (κ3) is 1560. The molecule has 0 bridgehead atoms. The maximum Gasteiger partial charge on any atom is 0.466 e. The molecule has 0 unspecified atom stereocenters. The van der Waals surface area contributed by atoms with E-state index in [9.17, 15) is 0 Å². The molecule has 0 amide bonds. The van der Waals surface area contributed by atoms with Crippen LogP contribution in [0, 0.1) is 0 Å². The van der Waals surface area contributed by atoms with Gasteiger partial charge >= 0.3 is 31.3 Å². The number of hydrogen-bond donors (Lipinski definition) is 12. The monoisotopic (exact) mass is 680 g/mol. The molecule has 17 nitrogen and oxygen atoms in total. The van der Waals surface area contributed by atoms with Gasteiger partial charge in [-0.25, -0.2) is 18.3 Å². The second kappa shape index (κ2) is 22.3. The molecule has 0 rings (SSSR count). The molecular weight excluding hydrogens is 670 g/mol. The molecule has 14 N–H and O–H groups in total. The number of phosphoric acid groups is 4. The van der Waals surface area contributed by atoms with Gasteiger partial charge in [-0.15, -0.1) is 0 Å². The van der Waals surface area contributed by atoms with Gasteiger partial charge in [-0.3, -0.25) is 0 Å². The molecule has 0 saturated heterocycles. The second-order valence-corrected chi connectivity index (χ2v) is 6.16. The van der Waals surface area contributed by atoms with Crippen molar-refractivity contribution in [1.29, 1.82) is 0 Å². The molecule has 0 aliphatic carbocycles. The van der Waals surface area contributed by atoms with Crippen LogP contribution in [0.4, 0.5) is 0 Å². The summed E-state index contributed by atoms with van der Waals surface area (Å²) in [5, 5.41) is 0. The zero-order chi connectivity index (χ0) is 18.0. The molecule has 0 aliphatic heterocycles. The van der Waals surface area contributed by atoms with Crippen LogP contribution in [0.1, 0.15) is 0 Å². The fraction of sp³-hybridized carbons (Fsp3) is 0. The van der Waals surface area contributed by atoms with Gasteiger partial charge in [-0.2, -0.15) is 0 Å². The van der Waals surface area contributed by atoms with Crippen molar-refractivity contribution in [2.75, 3.05) is 0 Å². The molecule has 0 saturated carbocycles. The first-order valence-corrected chi connectivity index (χ1v) is 9.39. The third-order valence-electron chi connectivity index (χ3n) is 0. The summed E-state index contributed by atoms with van der Waals surface area (Å²) in [6.45, 7) is 0. The Morgan fingerprint density at radius 1 is 0.333 bits per heavy atom. The van der Waals surface area contributed by atoms with Crippen LogP contribution in [-0.2, 0) is 96.9 Å². The van der Waals surface area contributed by atoms with Crippen molar-refractivity contribution in [1.82, 2.24) is 0 Å². The summed E-state index contributed by atoms with van der Waals surface area (Å²) in [5.74, 6) is 0. The molecule has 0 aromatic carbocycles. The van der Waals surface area contributed by atoms with Gasteiger partial charge in [0.25, 0.3) is 0 Å². The van der Waals surface area contributed by atoms with Crippen LogP contribution in [0.15, 0.2) is 0 Å².